The summed E-state index contributed by atoms with van der Waals surface area (Å²) in [5.74, 6) is -0.144. The van der Waals surface area contributed by atoms with Gasteiger partial charge in [-0.1, -0.05) is 18.2 Å². The van der Waals surface area contributed by atoms with Crippen molar-refractivity contribution in [3.63, 3.8) is 0 Å². The third-order valence-electron chi connectivity index (χ3n) is 4.11. The highest BCUT2D eigenvalue weighted by Gasteiger charge is 2.26. The molecule has 0 bridgehead atoms. The molecule has 1 unspecified atom stereocenters. The van der Waals surface area contributed by atoms with E-state index in [1.807, 2.05) is 0 Å². The first-order valence-electron chi connectivity index (χ1n) is 6.70. The predicted molar refractivity (Wildman–Crippen MR) is 75.5 cm³/mol. The van der Waals surface area contributed by atoms with Crippen molar-refractivity contribution in [3.05, 3.63) is 36.0 Å². The van der Waals surface area contributed by atoms with Crippen molar-refractivity contribution in [1.29, 1.82) is 0 Å². The molecule has 19 heavy (non-hydrogen) atoms. The Morgan fingerprint density at radius 3 is 2.89 bits per heavy atom. The number of para-hydroxylation sites is 1. The number of fused-ring (bicyclic) bond motifs is 1. The van der Waals surface area contributed by atoms with Gasteiger partial charge in [-0.25, -0.2) is 0 Å². The summed E-state index contributed by atoms with van der Waals surface area (Å²) < 4.78 is 2.23. The molecule has 1 aliphatic heterocycles. The smallest absolute Gasteiger partial charge is 0.221 e. The van der Waals surface area contributed by atoms with Crippen LogP contribution in [0.4, 0.5) is 0 Å². The van der Waals surface area contributed by atoms with Crippen molar-refractivity contribution in [2.24, 2.45) is 18.7 Å². The lowest BCUT2D eigenvalue weighted by Crippen LogP contribution is -2.27. The molecule has 1 aromatic heterocycles. The minimum Gasteiger partial charge on any atom is -0.369 e. The van der Waals surface area contributed by atoms with Crippen LogP contribution >= 0.6 is 0 Å². The second-order valence-corrected chi connectivity index (χ2v) is 5.38. The van der Waals surface area contributed by atoms with Gasteiger partial charge < -0.3 is 10.3 Å². The van der Waals surface area contributed by atoms with Crippen LogP contribution < -0.4 is 5.73 Å². The monoisotopic (exact) mass is 257 g/mol. The van der Waals surface area contributed by atoms with Crippen LogP contribution in [0.25, 0.3) is 10.9 Å². The molecule has 1 aromatic carbocycles. The zero-order valence-electron chi connectivity index (χ0n) is 11.2. The van der Waals surface area contributed by atoms with Gasteiger partial charge >= 0.3 is 0 Å². The summed E-state index contributed by atoms with van der Waals surface area (Å²) in [5, 5.41) is 1.27. The van der Waals surface area contributed by atoms with E-state index in [1.165, 1.54) is 16.6 Å². The van der Waals surface area contributed by atoms with Gasteiger partial charge in [0.2, 0.25) is 5.91 Å². The number of primary amides is 1. The molecule has 4 heteroatoms. The van der Waals surface area contributed by atoms with Crippen LogP contribution in [-0.2, 0) is 18.4 Å². The Balaban J connectivity index is 1.79. The van der Waals surface area contributed by atoms with Crippen molar-refractivity contribution in [2.75, 3.05) is 13.1 Å². The van der Waals surface area contributed by atoms with Crippen LogP contribution in [0, 0.1) is 5.92 Å². The quantitative estimate of drug-likeness (QED) is 0.905. The lowest BCUT2D eigenvalue weighted by molar-refractivity contribution is -0.121. The molecule has 1 aliphatic rings. The summed E-state index contributed by atoms with van der Waals surface area (Å²) in [5.41, 5.74) is 7.91. The maximum Gasteiger partial charge on any atom is 0.221 e. The number of aryl methyl sites for hydroxylation is 1. The number of hydrogen-bond donors (Lipinski definition) is 1. The van der Waals surface area contributed by atoms with Gasteiger partial charge in [0, 0.05) is 31.3 Å². The van der Waals surface area contributed by atoms with E-state index in [-0.39, 0.29) is 11.8 Å². The van der Waals surface area contributed by atoms with Gasteiger partial charge in [0.25, 0.3) is 0 Å². The van der Waals surface area contributed by atoms with E-state index in [0.717, 1.165) is 26.1 Å². The van der Waals surface area contributed by atoms with E-state index >= 15 is 0 Å². The molecule has 2 aromatic rings. The first-order valence-corrected chi connectivity index (χ1v) is 6.70. The average Bonchev–Trinajstić information content (AvgIpc) is 2.97. The van der Waals surface area contributed by atoms with Crippen molar-refractivity contribution in [3.8, 4) is 0 Å². The van der Waals surface area contributed by atoms with E-state index in [9.17, 15) is 4.79 Å². The minimum absolute atomic E-state index is 0.0229. The highest BCUT2D eigenvalue weighted by atomic mass is 16.1. The van der Waals surface area contributed by atoms with Crippen LogP contribution in [0.2, 0.25) is 0 Å². The van der Waals surface area contributed by atoms with Gasteiger partial charge in [-0.3, -0.25) is 9.69 Å². The summed E-state index contributed by atoms with van der Waals surface area (Å²) in [6.07, 6.45) is 0.888. The Morgan fingerprint density at radius 1 is 1.42 bits per heavy atom. The number of likely N-dealkylation sites (tertiary alicyclic amines) is 1. The first kappa shape index (κ1) is 12.2. The molecular formula is C15H19N3O. The molecule has 1 atom stereocenters. The van der Waals surface area contributed by atoms with Crippen molar-refractivity contribution >= 4 is 16.8 Å². The number of benzene rings is 1. The molecule has 2 heterocycles. The molecule has 3 rings (SSSR count). The van der Waals surface area contributed by atoms with E-state index in [4.69, 9.17) is 5.73 Å². The molecule has 1 saturated heterocycles. The minimum atomic E-state index is -0.167. The zero-order valence-corrected chi connectivity index (χ0v) is 11.2. The number of carbonyl (C=O) groups excluding carboxylic acids is 1. The molecule has 2 N–H and O–H groups in total. The number of hydrogen-bond acceptors (Lipinski definition) is 2. The highest BCUT2D eigenvalue weighted by molar-refractivity contribution is 5.81. The number of amides is 1. The van der Waals surface area contributed by atoms with Crippen molar-refractivity contribution in [1.82, 2.24) is 9.47 Å². The molecule has 1 fully saturated rings. The highest BCUT2D eigenvalue weighted by Crippen LogP contribution is 2.22. The van der Waals surface area contributed by atoms with Crippen LogP contribution in [0.5, 0.6) is 0 Å². The fourth-order valence-corrected chi connectivity index (χ4v) is 2.94. The Hall–Kier alpha value is -1.81. The summed E-state index contributed by atoms with van der Waals surface area (Å²) >= 11 is 0. The Morgan fingerprint density at radius 2 is 2.21 bits per heavy atom. The van der Waals surface area contributed by atoms with Gasteiger partial charge in [-0.2, -0.15) is 0 Å². The number of aromatic nitrogens is 1. The third-order valence-corrected chi connectivity index (χ3v) is 4.11. The lowest BCUT2D eigenvalue weighted by Gasteiger charge is -2.15. The maximum absolute atomic E-state index is 11.2. The molecule has 0 radical (unpaired) electrons. The predicted octanol–water partition coefficient (Wildman–Crippen LogP) is 1.49. The molecular weight excluding hydrogens is 238 g/mol. The van der Waals surface area contributed by atoms with Crippen LogP contribution in [0.1, 0.15) is 12.1 Å². The number of nitrogens with two attached hydrogens (primary N) is 1. The molecule has 4 nitrogen and oxygen atoms in total. The SMILES string of the molecule is Cn1c(CN2CCC(C(N)=O)C2)cc2ccccc21. The van der Waals surface area contributed by atoms with Crippen LogP contribution in [0.15, 0.2) is 30.3 Å². The third kappa shape index (κ3) is 2.24. The topological polar surface area (TPSA) is 51.3 Å². The Labute approximate surface area is 112 Å². The van der Waals surface area contributed by atoms with Gasteiger partial charge in [-0.15, -0.1) is 0 Å². The van der Waals surface area contributed by atoms with E-state index in [1.54, 1.807) is 0 Å². The summed E-state index contributed by atoms with van der Waals surface area (Å²) in [6, 6.07) is 10.6. The molecule has 0 aliphatic carbocycles. The molecule has 1 amide bonds. The zero-order chi connectivity index (χ0) is 13.4. The van der Waals surface area contributed by atoms with Gasteiger partial charge in [0.05, 0.1) is 5.92 Å². The maximum atomic E-state index is 11.2. The van der Waals surface area contributed by atoms with Gasteiger partial charge in [0.15, 0.2) is 0 Å². The second-order valence-electron chi connectivity index (χ2n) is 5.38. The van der Waals surface area contributed by atoms with E-state index in [2.05, 4.69) is 46.8 Å². The standard InChI is InChI=1S/C15H19N3O/c1-17-13(8-11-4-2-3-5-14(11)17)10-18-7-6-12(9-18)15(16)19/h2-5,8,12H,6-7,9-10H2,1H3,(H2,16,19). The van der Waals surface area contributed by atoms with Crippen molar-refractivity contribution < 1.29 is 4.79 Å². The Kier molecular flexibility index (Phi) is 3.03. The Bertz CT molecular complexity index is 617. The average molecular weight is 257 g/mol. The normalized spacial score (nSPS) is 20.2. The van der Waals surface area contributed by atoms with Crippen LogP contribution in [0.3, 0.4) is 0 Å². The summed E-state index contributed by atoms with van der Waals surface area (Å²) in [6.45, 7) is 2.63. The molecule has 0 saturated carbocycles. The fourth-order valence-electron chi connectivity index (χ4n) is 2.94. The number of carbonyl (C=O) groups is 1. The van der Waals surface area contributed by atoms with Gasteiger partial charge in [-0.05, 0) is 30.5 Å². The van der Waals surface area contributed by atoms with Gasteiger partial charge in [0.1, 0.15) is 0 Å². The van der Waals surface area contributed by atoms with E-state index in [0.29, 0.717) is 0 Å². The van der Waals surface area contributed by atoms with E-state index < -0.39 is 0 Å². The number of nitrogens with zero attached hydrogens (tertiary/aromatic N) is 2. The first-order chi connectivity index (χ1) is 9.15. The van der Waals surface area contributed by atoms with Crippen LogP contribution in [-0.4, -0.2) is 28.5 Å². The number of rotatable bonds is 3. The largest absolute Gasteiger partial charge is 0.369 e. The molecule has 100 valence electrons. The fraction of sp³-hybridized carbons (Fsp3) is 0.400. The second kappa shape index (κ2) is 4.70. The summed E-state index contributed by atoms with van der Waals surface area (Å²) in [4.78, 5) is 13.5. The van der Waals surface area contributed by atoms with Crippen molar-refractivity contribution in [2.45, 2.75) is 13.0 Å². The lowest BCUT2D eigenvalue weighted by atomic mass is 10.1. The summed E-state index contributed by atoms with van der Waals surface area (Å²) in [7, 11) is 2.10. The molecule has 0 spiro atoms.